The molecule has 0 aromatic carbocycles. The van der Waals surface area contributed by atoms with Crippen molar-refractivity contribution in [2.75, 3.05) is 5.32 Å². The molecular formula is C19H18N8. The summed E-state index contributed by atoms with van der Waals surface area (Å²) in [5, 5.41) is 21.2. The van der Waals surface area contributed by atoms with Crippen LogP contribution in [0.2, 0.25) is 0 Å². The van der Waals surface area contributed by atoms with Crippen LogP contribution in [0.15, 0.2) is 36.8 Å². The lowest BCUT2D eigenvalue weighted by molar-refractivity contribution is 0.105. The quantitative estimate of drug-likeness (QED) is 0.583. The Balaban J connectivity index is 1.45. The molecule has 27 heavy (non-hydrogen) atoms. The Labute approximate surface area is 155 Å². The fourth-order valence-corrected chi connectivity index (χ4v) is 3.96. The highest BCUT2D eigenvalue weighted by molar-refractivity contribution is 5.74. The standard InChI is InChI=1S/C19H18N8/c1-19(2)12(7-14(19)24-15-4-3-11(8-20)9-22-15)18-26-25-16-10-23-17-13(27(16)18)5-6-21-17/h3-6,9-10,12,14,21H,7H2,1-2H3,(H,22,24)/t12-,14-/m1/s1. The first-order valence-electron chi connectivity index (χ1n) is 8.88. The fourth-order valence-electron chi connectivity index (χ4n) is 3.96. The normalized spacial score (nSPS) is 21.1. The van der Waals surface area contributed by atoms with Gasteiger partial charge in [0.15, 0.2) is 11.3 Å². The number of anilines is 1. The largest absolute Gasteiger partial charge is 0.367 e. The van der Waals surface area contributed by atoms with Crippen LogP contribution in [0.5, 0.6) is 0 Å². The van der Waals surface area contributed by atoms with Crippen molar-refractivity contribution in [2.45, 2.75) is 32.2 Å². The number of nitrogens with one attached hydrogen (secondary N) is 2. The molecule has 0 saturated heterocycles. The molecule has 5 rings (SSSR count). The van der Waals surface area contributed by atoms with Crippen LogP contribution >= 0.6 is 0 Å². The zero-order chi connectivity index (χ0) is 18.6. The third-order valence-corrected chi connectivity index (χ3v) is 5.76. The van der Waals surface area contributed by atoms with E-state index in [2.05, 4.69) is 54.8 Å². The monoisotopic (exact) mass is 358 g/mol. The van der Waals surface area contributed by atoms with E-state index in [-0.39, 0.29) is 17.4 Å². The second-order valence-corrected chi connectivity index (χ2v) is 7.57. The number of nitriles is 1. The highest BCUT2D eigenvalue weighted by atomic mass is 15.3. The Kier molecular flexibility index (Phi) is 3.22. The molecule has 0 spiro atoms. The van der Waals surface area contributed by atoms with E-state index in [4.69, 9.17) is 5.26 Å². The summed E-state index contributed by atoms with van der Waals surface area (Å²) >= 11 is 0. The van der Waals surface area contributed by atoms with Crippen molar-refractivity contribution in [3.8, 4) is 6.07 Å². The molecule has 2 N–H and O–H groups in total. The Morgan fingerprint density at radius 1 is 1.22 bits per heavy atom. The van der Waals surface area contributed by atoms with Crippen LogP contribution in [0, 0.1) is 16.7 Å². The molecule has 4 heterocycles. The third kappa shape index (κ3) is 2.28. The lowest BCUT2D eigenvalue weighted by Crippen LogP contribution is -2.52. The number of hydrogen-bond donors (Lipinski definition) is 2. The van der Waals surface area contributed by atoms with Crippen molar-refractivity contribution in [1.82, 2.24) is 29.5 Å². The van der Waals surface area contributed by atoms with Crippen molar-refractivity contribution < 1.29 is 0 Å². The molecule has 0 unspecified atom stereocenters. The zero-order valence-corrected chi connectivity index (χ0v) is 15.0. The van der Waals surface area contributed by atoms with Gasteiger partial charge in [0.25, 0.3) is 0 Å². The van der Waals surface area contributed by atoms with E-state index in [0.717, 1.165) is 34.9 Å². The van der Waals surface area contributed by atoms with E-state index in [1.54, 1.807) is 18.5 Å². The minimum atomic E-state index is -0.0234. The topological polar surface area (TPSA) is 108 Å². The molecule has 8 heteroatoms. The van der Waals surface area contributed by atoms with Crippen molar-refractivity contribution >= 4 is 22.6 Å². The number of H-pyrrole nitrogens is 1. The van der Waals surface area contributed by atoms with Gasteiger partial charge < -0.3 is 10.3 Å². The van der Waals surface area contributed by atoms with Crippen LogP contribution in [0.1, 0.15) is 37.6 Å². The van der Waals surface area contributed by atoms with E-state index in [9.17, 15) is 0 Å². The number of hydrogen-bond acceptors (Lipinski definition) is 6. The smallest absolute Gasteiger partial charge is 0.179 e. The number of rotatable bonds is 3. The van der Waals surface area contributed by atoms with Gasteiger partial charge in [0, 0.05) is 24.4 Å². The molecule has 0 radical (unpaired) electrons. The van der Waals surface area contributed by atoms with Gasteiger partial charge in [-0.15, -0.1) is 10.2 Å². The van der Waals surface area contributed by atoms with Crippen LogP contribution < -0.4 is 5.32 Å². The first kappa shape index (κ1) is 15.8. The second kappa shape index (κ2) is 5.51. The summed E-state index contributed by atoms with van der Waals surface area (Å²) in [6.07, 6.45) is 6.15. The molecule has 1 saturated carbocycles. The Morgan fingerprint density at radius 2 is 2.11 bits per heavy atom. The van der Waals surface area contributed by atoms with Crippen molar-refractivity contribution in [1.29, 1.82) is 5.26 Å². The summed E-state index contributed by atoms with van der Waals surface area (Å²) in [4.78, 5) is 11.9. The average molecular weight is 358 g/mol. The number of fused-ring (bicyclic) bond motifs is 3. The van der Waals surface area contributed by atoms with Gasteiger partial charge in [0.1, 0.15) is 17.7 Å². The van der Waals surface area contributed by atoms with Crippen LogP contribution in [0.25, 0.3) is 16.8 Å². The lowest BCUT2D eigenvalue weighted by Gasteiger charge is -2.51. The average Bonchev–Trinajstić information content (AvgIpc) is 3.31. The number of nitrogens with zero attached hydrogens (tertiary/aromatic N) is 6. The lowest BCUT2D eigenvalue weighted by atomic mass is 9.58. The van der Waals surface area contributed by atoms with Crippen LogP contribution in [-0.2, 0) is 0 Å². The molecule has 4 aromatic rings. The highest BCUT2D eigenvalue weighted by Crippen LogP contribution is 2.53. The number of pyridine rings is 1. The zero-order valence-electron chi connectivity index (χ0n) is 15.0. The van der Waals surface area contributed by atoms with Crippen LogP contribution in [-0.4, -0.2) is 35.6 Å². The van der Waals surface area contributed by atoms with Gasteiger partial charge in [-0.05, 0) is 30.0 Å². The predicted molar refractivity (Wildman–Crippen MR) is 100 cm³/mol. The first-order valence-corrected chi connectivity index (χ1v) is 8.88. The minimum absolute atomic E-state index is 0.0234. The summed E-state index contributed by atoms with van der Waals surface area (Å²) in [5.41, 5.74) is 3.12. The minimum Gasteiger partial charge on any atom is -0.367 e. The first-order chi connectivity index (χ1) is 13.1. The van der Waals surface area contributed by atoms with Gasteiger partial charge in [0.2, 0.25) is 0 Å². The molecule has 2 atom stereocenters. The summed E-state index contributed by atoms with van der Waals surface area (Å²) in [6, 6.07) is 7.99. The van der Waals surface area contributed by atoms with Gasteiger partial charge in [-0.2, -0.15) is 5.26 Å². The third-order valence-electron chi connectivity index (χ3n) is 5.76. The molecule has 0 bridgehead atoms. The van der Waals surface area contributed by atoms with Crippen LogP contribution in [0.3, 0.4) is 0 Å². The maximum atomic E-state index is 8.91. The Bertz CT molecular complexity index is 1180. The molecule has 1 aliphatic carbocycles. The summed E-state index contributed by atoms with van der Waals surface area (Å²) < 4.78 is 2.10. The molecule has 0 amide bonds. The Morgan fingerprint density at radius 3 is 2.85 bits per heavy atom. The van der Waals surface area contributed by atoms with E-state index < -0.39 is 0 Å². The van der Waals surface area contributed by atoms with E-state index >= 15 is 0 Å². The van der Waals surface area contributed by atoms with Crippen molar-refractivity contribution in [2.24, 2.45) is 5.41 Å². The van der Waals surface area contributed by atoms with Gasteiger partial charge in [-0.3, -0.25) is 4.40 Å². The molecular weight excluding hydrogens is 340 g/mol. The highest BCUT2D eigenvalue weighted by Gasteiger charge is 2.51. The second-order valence-electron chi connectivity index (χ2n) is 7.57. The van der Waals surface area contributed by atoms with E-state index in [1.807, 2.05) is 18.3 Å². The van der Waals surface area contributed by atoms with E-state index in [0.29, 0.717) is 5.56 Å². The number of aromatic amines is 1. The molecule has 134 valence electrons. The maximum absolute atomic E-state index is 8.91. The van der Waals surface area contributed by atoms with Crippen LogP contribution in [0.4, 0.5) is 5.82 Å². The van der Waals surface area contributed by atoms with Gasteiger partial charge in [-0.25, -0.2) is 9.97 Å². The van der Waals surface area contributed by atoms with Gasteiger partial charge in [-0.1, -0.05) is 13.8 Å². The number of aromatic nitrogens is 6. The molecule has 4 aromatic heterocycles. The summed E-state index contributed by atoms with van der Waals surface area (Å²) in [5.74, 6) is 2.02. The maximum Gasteiger partial charge on any atom is 0.179 e. The molecule has 0 aliphatic heterocycles. The predicted octanol–water partition coefficient (Wildman–Crippen LogP) is 2.87. The molecule has 8 nitrogen and oxygen atoms in total. The van der Waals surface area contributed by atoms with Gasteiger partial charge >= 0.3 is 0 Å². The van der Waals surface area contributed by atoms with Crippen molar-refractivity contribution in [3.63, 3.8) is 0 Å². The van der Waals surface area contributed by atoms with Gasteiger partial charge in [0.05, 0.1) is 17.3 Å². The summed E-state index contributed by atoms with van der Waals surface area (Å²) in [6.45, 7) is 4.47. The van der Waals surface area contributed by atoms with E-state index in [1.165, 1.54) is 0 Å². The fraction of sp³-hybridized carbons (Fsp3) is 0.316. The Hall–Kier alpha value is -3.47. The van der Waals surface area contributed by atoms with Crippen molar-refractivity contribution in [3.05, 3.63) is 48.2 Å². The molecule has 1 fully saturated rings. The summed E-state index contributed by atoms with van der Waals surface area (Å²) in [7, 11) is 0. The SMILES string of the molecule is CC1(C)[C@@H](c2nnc3cnc4[nH]ccc4n23)C[C@H]1Nc1ccc(C#N)cn1. The molecule has 1 aliphatic rings.